The van der Waals surface area contributed by atoms with E-state index in [0.29, 0.717) is 0 Å². The van der Waals surface area contributed by atoms with Crippen LogP contribution < -0.4 is 5.32 Å². The summed E-state index contributed by atoms with van der Waals surface area (Å²) in [6.45, 7) is 11.5. The molecule has 1 amide bonds. The molecular weight excluding hydrogens is 318 g/mol. The van der Waals surface area contributed by atoms with Gasteiger partial charge in [-0.1, -0.05) is 0 Å². The first-order valence-corrected chi connectivity index (χ1v) is 9.41. The van der Waals surface area contributed by atoms with Gasteiger partial charge in [-0.15, -0.1) is 0 Å². The molecule has 3 rings (SSSR count). The van der Waals surface area contributed by atoms with Crippen molar-refractivity contribution in [3.8, 4) is 0 Å². The minimum atomic E-state index is -0.460. The molecule has 7 nitrogen and oxygen atoms in total. The molecule has 0 aliphatic carbocycles. The SMILES string of the molecule is Cc1nc2n(n1)CCC[C@@H]2N[C@H](C)[C@H]1CCCN1C(=O)OC(C)(C)C. The quantitative estimate of drug-likeness (QED) is 0.908. The Morgan fingerprint density at radius 3 is 2.72 bits per heavy atom. The summed E-state index contributed by atoms with van der Waals surface area (Å²) in [7, 11) is 0. The van der Waals surface area contributed by atoms with Crippen LogP contribution in [0.4, 0.5) is 4.79 Å². The van der Waals surface area contributed by atoms with Crippen LogP contribution in [0, 0.1) is 6.92 Å². The van der Waals surface area contributed by atoms with E-state index in [1.165, 1.54) is 0 Å². The molecule has 1 aromatic heterocycles. The van der Waals surface area contributed by atoms with E-state index in [2.05, 4.69) is 22.3 Å². The summed E-state index contributed by atoms with van der Waals surface area (Å²) in [5.41, 5.74) is -0.460. The lowest BCUT2D eigenvalue weighted by molar-refractivity contribution is 0.0195. The number of rotatable bonds is 3. The predicted molar refractivity (Wildman–Crippen MR) is 95.3 cm³/mol. The van der Waals surface area contributed by atoms with E-state index in [9.17, 15) is 4.79 Å². The van der Waals surface area contributed by atoms with Crippen LogP contribution in [-0.4, -0.2) is 50.0 Å². The molecule has 1 fully saturated rings. The maximum Gasteiger partial charge on any atom is 0.410 e. The number of fused-ring (bicyclic) bond motifs is 1. The number of hydrogen-bond donors (Lipinski definition) is 1. The van der Waals surface area contributed by atoms with Gasteiger partial charge in [0.2, 0.25) is 0 Å². The zero-order valence-corrected chi connectivity index (χ0v) is 16.1. The normalized spacial score (nSPS) is 24.9. The van der Waals surface area contributed by atoms with Crippen LogP contribution in [0.2, 0.25) is 0 Å². The molecule has 0 saturated carbocycles. The molecule has 0 unspecified atom stereocenters. The number of hydrogen-bond acceptors (Lipinski definition) is 5. The van der Waals surface area contributed by atoms with Crippen LogP contribution in [0.5, 0.6) is 0 Å². The minimum absolute atomic E-state index is 0.161. The second kappa shape index (κ2) is 6.94. The Morgan fingerprint density at radius 1 is 1.28 bits per heavy atom. The number of carbonyl (C=O) groups is 1. The molecule has 0 aromatic carbocycles. The summed E-state index contributed by atoms with van der Waals surface area (Å²) in [5.74, 6) is 1.85. The van der Waals surface area contributed by atoms with Gasteiger partial charge in [-0.05, 0) is 60.3 Å². The van der Waals surface area contributed by atoms with Crippen LogP contribution in [0.25, 0.3) is 0 Å². The maximum atomic E-state index is 12.5. The number of carbonyl (C=O) groups excluding carboxylic acids is 1. The van der Waals surface area contributed by atoms with Crippen LogP contribution in [0.15, 0.2) is 0 Å². The Bertz CT molecular complexity index is 621. The molecule has 2 aliphatic rings. The first-order chi connectivity index (χ1) is 11.7. The maximum absolute atomic E-state index is 12.5. The van der Waals surface area contributed by atoms with Crippen LogP contribution >= 0.6 is 0 Å². The van der Waals surface area contributed by atoms with Crippen molar-refractivity contribution in [1.29, 1.82) is 0 Å². The van der Waals surface area contributed by atoms with Crippen LogP contribution in [-0.2, 0) is 11.3 Å². The lowest BCUT2D eigenvalue weighted by Gasteiger charge is -2.34. The number of ether oxygens (including phenoxy) is 1. The van der Waals surface area contributed by atoms with Gasteiger partial charge >= 0.3 is 6.09 Å². The van der Waals surface area contributed by atoms with E-state index >= 15 is 0 Å². The minimum Gasteiger partial charge on any atom is -0.444 e. The number of likely N-dealkylation sites (tertiary alicyclic amines) is 1. The average Bonchev–Trinajstić information content (AvgIpc) is 3.11. The third-order valence-electron chi connectivity index (χ3n) is 4.95. The molecule has 3 atom stereocenters. The molecule has 7 heteroatoms. The van der Waals surface area contributed by atoms with Crippen molar-refractivity contribution in [2.75, 3.05) is 6.54 Å². The molecule has 140 valence electrons. The Kier molecular flexibility index (Phi) is 5.04. The average molecular weight is 349 g/mol. The number of amides is 1. The summed E-state index contributed by atoms with van der Waals surface area (Å²) in [6, 6.07) is 0.545. The molecule has 1 N–H and O–H groups in total. The molecule has 1 saturated heterocycles. The highest BCUT2D eigenvalue weighted by Crippen LogP contribution is 2.27. The topological polar surface area (TPSA) is 72.3 Å². The standard InChI is InChI=1S/C18H31N5O2/c1-12(15-9-7-10-22(15)17(24)25-18(3,4)5)19-14-8-6-11-23-16(14)20-13(2)21-23/h12,14-15,19H,6-11H2,1-5H3/t12-,14+,15-/m1/s1. The first kappa shape index (κ1) is 18.2. The number of aryl methyl sites for hydroxylation is 2. The fraction of sp³-hybridized carbons (Fsp3) is 0.833. The summed E-state index contributed by atoms with van der Waals surface area (Å²) < 4.78 is 7.60. The Hall–Kier alpha value is -1.63. The van der Waals surface area contributed by atoms with Crippen molar-refractivity contribution in [3.05, 3.63) is 11.6 Å². The fourth-order valence-corrected chi connectivity index (χ4v) is 3.91. The zero-order valence-electron chi connectivity index (χ0n) is 16.1. The van der Waals surface area contributed by atoms with Gasteiger partial charge in [-0.2, -0.15) is 5.10 Å². The number of nitrogens with zero attached hydrogens (tertiary/aromatic N) is 4. The third kappa shape index (κ3) is 4.14. The molecule has 2 aliphatic heterocycles. The first-order valence-electron chi connectivity index (χ1n) is 9.41. The van der Waals surface area contributed by atoms with Crippen LogP contribution in [0.3, 0.4) is 0 Å². The zero-order chi connectivity index (χ0) is 18.2. The van der Waals surface area contributed by atoms with Gasteiger partial charge in [0.05, 0.1) is 12.1 Å². The van der Waals surface area contributed by atoms with Crippen molar-refractivity contribution in [1.82, 2.24) is 25.0 Å². The third-order valence-corrected chi connectivity index (χ3v) is 4.95. The number of aromatic nitrogens is 3. The lowest BCUT2D eigenvalue weighted by Crippen LogP contribution is -2.50. The van der Waals surface area contributed by atoms with E-state index in [1.54, 1.807) is 0 Å². The summed E-state index contributed by atoms with van der Waals surface area (Å²) in [6.07, 6.45) is 3.98. The summed E-state index contributed by atoms with van der Waals surface area (Å²) in [5, 5.41) is 8.18. The molecule has 1 aromatic rings. The van der Waals surface area contributed by atoms with E-state index in [-0.39, 0.29) is 24.2 Å². The van der Waals surface area contributed by atoms with Gasteiger partial charge in [-0.25, -0.2) is 14.5 Å². The Morgan fingerprint density at radius 2 is 2.00 bits per heavy atom. The molecule has 0 bridgehead atoms. The van der Waals surface area contributed by atoms with E-state index in [0.717, 1.165) is 50.4 Å². The molecule has 25 heavy (non-hydrogen) atoms. The van der Waals surface area contributed by atoms with E-state index < -0.39 is 5.60 Å². The highest BCUT2D eigenvalue weighted by Gasteiger charge is 2.37. The van der Waals surface area contributed by atoms with E-state index in [4.69, 9.17) is 4.74 Å². The van der Waals surface area contributed by atoms with Gasteiger partial charge in [-0.3, -0.25) is 0 Å². The lowest BCUT2D eigenvalue weighted by atomic mass is 10.0. The monoisotopic (exact) mass is 349 g/mol. The summed E-state index contributed by atoms with van der Waals surface area (Å²) >= 11 is 0. The van der Waals surface area contributed by atoms with Gasteiger partial charge in [0, 0.05) is 19.1 Å². The molecule has 3 heterocycles. The molecule has 0 spiro atoms. The van der Waals surface area contributed by atoms with Crippen molar-refractivity contribution in [2.45, 2.75) is 90.6 Å². The largest absolute Gasteiger partial charge is 0.444 e. The Balaban J connectivity index is 1.66. The highest BCUT2D eigenvalue weighted by atomic mass is 16.6. The molecule has 0 radical (unpaired) electrons. The summed E-state index contributed by atoms with van der Waals surface area (Å²) in [4.78, 5) is 19.0. The highest BCUT2D eigenvalue weighted by molar-refractivity contribution is 5.69. The van der Waals surface area contributed by atoms with E-state index in [1.807, 2.05) is 37.3 Å². The predicted octanol–water partition coefficient (Wildman–Crippen LogP) is 2.80. The Labute approximate surface area is 150 Å². The van der Waals surface area contributed by atoms with Gasteiger partial charge in [0.25, 0.3) is 0 Å². The van der Waals surface area contributed by atoms with Gasteiger partial charge < -0.3 is 15.0 Å². The van der Waals surface area contributed by atoms with Crippen molar-refractivity contribution < 1.29 is 9.53 Å². The molecular formula is C18H31N5O2. The second-order valence-corrected chi connectivity index (χ2v) is 8.27. The van der Waals surface area contributed by atoms with Gasteiger partial charge in [0.1, 0.15) is 17.2 Å². The van der Waals surface area contributed by atoms with Crippen molar-refractivity contribution in [2.24, 2.45) is 0 Å². The second-order valence-electron chi connectivity index (χ2n) is 8.27. The van der Waals surface area contributed by atoms with Crippen molar-refractivity contribution >= 4 is 6.09 Å². The van der Waals surface area contributed by atoms with Crippen molar-refractivity contribution in [3.63, 3.8) is 0 Å². The smallest absolute Gasteiger partial charge is 0.410 e. The van der Waals surface area contributed by atoms with Gasteiger partial charge in [0.15, 0.2) is 0 Å². The number of nitrogens with one attached hydrogen (secondary N) is 1. The van der Waals surface area contributed by atoms with Crippen LogP contribution in [0.1, 0.15) is 71.1 Å². The fourth-order valence-electron chi connectivity index (χ4n) is 3.91.